The van der Waals surface area contributed by atoms with Crippen LogP contribution in [0.15, 0.2) is 24.3 Å². The smallest absolute Gasteiger partial charge is 0.415 e. The molecule has 0 saturated heterocycles. The third kappa shape index (κ3) is 4.32. The van der Waals surface area contributed by atoms with Crippen LogP contribution < -0.4 is 10.5 Å². The lowest BCUT2D eigenvalue weighted by Crippen LogP contribution is -2.33. The van der Waals surface area contributed by atoms with Gasteiger partial charge in [0.2, 0.25) is 0 Å². The number of anilines is 1. The number of carbonyl (C=O) groups excluding carboxylic acids is 1. The van der Waals surface area contributed by atoms with Crippen LogP contribution in [0.25, 0.3) is 0 Å². The van der Waals surface area contributed by atoms with E-state index < -0.39 is 6.16 Å². The van der Waals surface area contributed by atoms with Gasteiger partial charge in [-0.3, -0.25) is 4.90 Å². The Hall–Kier alpha value is -1.75. The second-order valence-electron chi connectivity index (χ2n) is 3.87. The highest BCUT2D eigenvalue weighted by atomic mass is 16.7. The third-order valence-electron chi connectivity index (χ3n) is 2.24. The summed E-state index contributed by atoms with van der Waals surface area (Å²) in [5.74, 6) is 0.415. The summed E-state index contributed by atoms with van der Waals surface area (Å²) in [7, 11) is 3.68. The Bertz CT molecular complexity index is 363. The first-order chi connectivity index (χ1) is 8.02. The molecule has 0 aliphatic rings. The van der Waals surface area contributed by atoms with E-state index in [1.54, 1.807) is 24.3 Å². The molecular formula is C12H18N2O3. The average Bonchev–Trinajstić information content (AvgIpc) is 2.28. The van der Waals surface area contributed by atoms with Gasteiger partial charge >= 0.3 is 6.16 Å². The summed E-state index contributed by atoms with van der Waals surface area (Å²) in [5.41, 5.74) is 6.14. The zero-order chi connectivity index (χ0) is 12.8. The van der Waals surface area contributed by atoms with E-state index in [9.17, 15) is 4.79 Å². The van der Waals surface area contributed by atoms with Crippen LogP contribution in [0, 0.1) is 0 Å². The summed E-state index contributed by atoms with van der Waals surface area (Å²) in [5, 5.41) is 0. The Balaban J connectivity index is 2.52. The highest BCUT2D eigenvalue weighted by molar-refractivity contribution is 5.64. The van der Waals surface area contributed by atoms with E-state index in [0.717, 1.165) is 0 Å². The molecule has 1 aromatic carbocycles. The maximum absolute atomic E-state index is 11.5. The zero-order valence-electron chi connectivity index (χ0n) is 10.3. The lowest BCUT2D eigenvalue weighted by Gasteiger charge is -2.22. The van der Waals surface area contributed by atoms with E-state index in [2.05, 4.69) is 0 Å². The molecule has 0 aromatic heterocycles. The Morgan fingerprint density at radius 2 is 1.94 bits per heavy atom. The molecule has 0 fully saturated rings. The number of carbonyl (C=O) groups is 1. The van der Waals surface area contributed by atoms with Crippen molar-refractivity contribution < 1.29 is 14.3 Å². The molecule has 1 unspecified atom stereocenters. The Morgan fingerprint density at radius 1 is 1.35 bits per heavy atom. The van der Waals surface area contributed by atoms with Crippen molar-refractivity contribution in [2.45, 2.75) is 19.6 Å². The van der Waals surface area contributed by atoms with E-state index in [4.69, 9.17) is 15.2 Å². The van der Waals surface area contributed by atoms with Crippen LogP contribution in [0.2, 0.25) is 0 Å². The maximum atomic E-state index is 11.5. The average molecular weight is 238 g/mol. The molecule has 5 heteroatoms. The highest BCUT2D eigenvalue weighted by Gasteiger charge is 2.15. The first kappa shape index (κ1) is 13.3. The number of nitrogens with two attached hydrogens (primary N) is 1. The summed E-state index contributed by atoms with van der Waals surface area (Å²) in [4.78, 5) is 13.3. The molecule has 94 valence electrons. The van der Waals surface area contributed by atoms with E-state index in [-0.39, 0.29) is 6.23 Å². The SMILES string of the molecule is CCC(OC(=O)Oc1ccc(N)cc1)N(C)C. The van der Waals surface area contributed by atoms with Crippen molar-refractivity contribution >= 4 is 11.8 Å². The van der Waals surface area contributed by atoms with Gasteiger partial charge in [-0.2, -0.15) is 0 Å². The summed E-state index contributed by atoms with van der Waals surface area (Å²) >= 11 is 0. The van der Waals surface area contributed by atoms with Gasteiger partial charge in [-0.25, -0.2) is 4.79 Å². The molecule has 0 bridgehead atoms. The molecule has 1 rings (SSSR count). The van der Waals surface area contributed by atoms with Gasteiger partial charge in [0.05, 0.1) is 0 Å². The summed E-state index contributed by atoms with van der Waals surface area (Å²) in [6, 6.07) is 6.55. The molecule has 2 N–H and O–H groups in total. The first-order valence-electron chi connectivity index (χ1n) is 5.43. The van der Waals surface area contributed by atoms with Gasteiger partial charge in [0, 0.05) is 5.69 Å². The van der Waals surface area contributed by atoms with Crippen molar-refractivity contribution in [1.29, 1.82) is 0 Å². The lowest BCUT2D eigenvalue weighted by molar-refractivity contribution is -0.0109. The number of hydrogen-bond acceptors (Lipinski definition) is 5. The third-order valence-corrected chi connectivity index (χ3v) is 2.24. The van der Waals surface area contributed by atoms with E-state index >= 15 is 0 Å². The molecule has 0 radical (unpaired) electrons. The fourth-order valence-electron chi connectivity index (χ4n) is 1.32. The number of hydrogen-bond donors (Lipinski definition) is 1. The fraction of sp³-hybridized carbons (Fsp3) is 0.417. The van der Waals surface area contributed by atoms with Crippen LogP contribution in [0.5, 0.6) is 5.75 Å². The van der Waals surface area contributed by atoms with Crippen molar-refractivity contribution in [2.75, 3.05) is 19.8 Å². The fourth-order valence-corrected chi connectivity index (χ4v) is 1.32. The number of rotatable bonds is 4. The Kier molecular flexibility index (Phi) is 4.78. The monoisotopic (exact) mass is 238 g/mol. The minimum atomic E-state index is -0.713. The number of nitrogens with zero attached hydrogens (tertiary/aromatic N) is 1. The quantitative estimate of drug-likeness (QED) is 0.376. The van der Waals surface area contributed by atoms with E-state index in [1.807, 2.05) is 25.9 Å². The number of nitrogen functional groups attached to an aromatic ring is 1. The number of ether oxygens (including phenoxy) is 2. The molecule has 1 atom stereocenters. The van der Waals surface area contributed by atoms with Gasteiger partial charge in [0.15, 0.2) is 6.23 Å². The molecule has 0 spiro atoms. The van der Waals surface area contributed by atoms with Gasteiger partial charge in [0.25, 0.3) is 0 Å². The molecule has 0 saturated carbocycles. The predicted octanol–water partition coefficient (Wildman–Crippen LogP) is 2.08. The molecule has 0 heterocycles. The van der Waals surface area contributed by atoms with E-state index in [1.165, 1.54) is 0 Å². The van der Waals surface area contributed by atoms with Gasteiger partial charge in [-0.1, -0.05) is 6.92 Å². The lowest BCUT2D eigenvalue weighted by atomic mass is 10.3. The maximum Gasteiger partial charge on any atom is 0.515 e. The van der Waals surface area contributed by atoms with Crippen molar-refractivity contribution in [2.24, 2.45) is 0 Å². The van der Waals surface area contributed by atoms with Crippen LogP contribution in [0.3, 0.4) is 0 Å². The summed E-state index contributed by atoms with van der Waals surface area (Å²) in [6.45, 7) is 1.93. The highest BCUT2D eigenvalue weighted by Crippen LogP contribution is 2.14. The van der Waals surface area contributed by atoms with Crippen LogP contribution in [0.1, 0.15) is 13.3 Å². The summed E-state index contributed by atoms with van der Waals surface area (Å²) in [6.07, 6.45) is -0.296. The molecular weight excluding hydrogens is 220 g/mol. The van der Waals surface area contributed by atoms with Crippen LogP contribution in [-0.2, 0) is 4.74 Å². The van der Waals surface area contributed by atoms with Crippen molar-refractivity contribution in [3.63, 3.8) is 0 Å². The largest absolute Gasteiger partial charge is 0.515 e. The molecule has 5 nitrogen and oxygen atoms in total. The summed E-state index contributed by atoms with van der Waals surface area (Å²) < 4.78 is 10.1. The van der Waals surface area contributed by atoms with Crippen molar-refractivity contribution in [3.8, 4) is 5.75 Å². The minimum Gasteiger partial charge on any atom is -0.415 e. The number of benzene rings is 1. The van der Waals surface area contributed by atoms with Gasteiger partial charge in [-0.05, 0) is 44.8 Å². The molecule has 17 heavy (non-hydrogen) atoms. The second-order valence-corrected chi connectivity index (χ2v) is 3.87. The van der Waals surface area contributed by atoms with Crippen molar-refractivity contribution in [1.82, 2.24) is 4.90 Å². The molecule has 0 aliphatic heterocycles. The zero-order valence-corrected chi connectivity index (χ0v) is 10.3. The first-order valence-corrected chi connectivity index (χ1v) is 5.43. The van der Waals surface area contributed by atoms with Gasteiger partial charge < -0.3 is 15.2 Å². The predicted molar refractivity (Wildman–Crippen MR) is 65.7 cm³/mol. The molecule has 1 aromatic rings. The van der Waals surface area contributed by atoms with Crippen LogP contribution >= 0.6 is 0 Å². The molecule has 0 aliphatic carbocycles. The standard InChI is InChI=1S/C12H18N2O3/c1-4-11(14(2)3)17-12(15)16-10-7-5-9(13)6-8-10/h5-8,11H,4,13H2,1-3H3. The Labute approximate surface area is 101 Å². The normalized spacial score (nSPS) is 12.2. The van der Waals surface area contributed by atoms with Gasteiger partial charge in [0.1, 0.15) is 5.75 Å². The topological polar surface area (TPSA) is 64.8 Å². The van der Waals surface area contributed by atoms with Crippen molar-refractivity contribution in [3.05, 3.63) is 24.3 Å². The minimum absolute atomic E-state index is 0.281. The second kappa shape index (κ2) is 6.10. The van der Waals surface area contributed by atoms with E-state index in [0.29, 0.717) is 17.9 Å². The van der Waals surface area contributed by atoms with Gasteiger partial charge in [-0.15, -0.1) is 0 Å². The Morgan fingerprint density at radius 3 is 2.41 bits per heavy atom. The molecule has 0 amide bonds. The van der Waals surface area contributed by atoms with Crippen LogP contribution in [0.4, 0.5) is 10.5 Å². The van der Waals surface area contributed by atoms with Crippen LogP contribution in [-0.4, -0.2) is 31.4 Å².